The first-order valence-electron chi connectivity index (χ1n) is 9.49. The molecule has 0 saturated heterocycles. The van der Waals surface area contributed by atoms with Gasteiger partial charge in [0.2, 0.25) is 5.91 Å². The zero-order valence-corrected chi connectivity index (χ0v) is 18.4. The van der Waals surface area contributed by atoms with Crippen LogP contribution in [-0.4, -0.2) is 30.9 Å². The minimum Gasteiger partial charge on any atom is -0.493 e. The molecule has 0 fully saturated rings. The number of aromatic nitrogens is 1. The van der Waals surface area contributed by atoms with Gasteiger partial charge < -0.3 is 14.8 Å². The molecule has 0 aliphatic heterocycles. The monoisotopic (exact) mass is 473 g/mol. The van der Waals surface area contributed by atoms with Crippen molar-refractivity contribution in [3.05, 3.63) is 65.7 Å². The second kappa shape index (κ2) is 10.3. The molecule has 33 heavy (non-hydrogen) atoms. The predicted octanol–water partition coefficient (Wildman–Crippen LogP) is 5.39. The van der Waals surface area contributed by atoms with Gasteiger partial charge in [0.05, 0.1) is 36.8 Å². The number of para-hydroxylation sites is 1. The molecule has 0 aliphatic rings. The number of nitriles is 1. The highest BCUT2D eigenvalue weighted by atomic mass is 32.2. The van der Waals surface area contributed by atoms with Gasteiger partial charge in [0, 0.05) is 11.3 Å². The summed E-state index contributed by atoms with van der Waals surface area (Å²) in [5.41, 5.74) is -0.905. The minimum absolute atomic E-state index is 0.0201. The lowest BCUT2D eigenvalue weighted by Gasteiger charge is -2.15. The van der Waals surface area contributed by atoms with Crippen molar-refractivity contribution in [2.75, 3.05) is 25.3 Å². The van der Waals surface area contributed by atoms with E-state index < -0.39 is 23.2 Å². The number of hydrogen-bond acceptors (Lipinski definition) is 6. The first-order chi connectivity index (χ1) is 15.8. The first-order valence-corrected chi connectivity index (χ1v) is 10.5. The van der Waals surface area contributed by atoms with Crippen LogP contribution in [0.25, 0.3) is 11.3 Å². The summed E-state index contributed by atoms with van der Waals surface area (Å²) in [5, 5.41) is 11.9. The minimum atomic E-state index is -4.79. The molecular weight excluding hydrogens is 455 g/mol. The number of alkyl halides is 3. The van der Waals surface area contributed by atoms with E-state index in [9.17, 15) is 23.2 Å². The number of hydrogen-bond donors (Lipinski definition) is 1. The standard InChI is InChI=1S/C23H18F3N3O3S/c1-31-19-9-8-14(10-20(19)32-2)18-11-17(23(24,25)26)16(12-27)22(29-18)33-13-21(30)28-15-6-4-3-5-7-15/h3-11H,13H2,1-2H3,(H,28,30). The molecule has 3 aromatic rings. The Morgan fingerprint density at radius 2 is 1.79 bits per heavy atom. The van der Waals surface area contributed by atoms with Gasteiger partial charge in [-0.1, -0.05) is 30.0 Å². The molecule has 2 aromatic carbocycles. The van der Waals surface area contributed by atoms with Crippen LogP contribution in [0, 0.1) is 11.3 Å². The fourth-order valence-electron chi connectivity index (χ4n) is 2.95. The van der Waals surface area contributed by atoms with E-state index in [1.807, 2.05) is 0 Å². The summed E-state index contributed by atoms with van der Waals surface area (Å²) in [6.07, 6.45) is -4.79. The van der Waals surface area contributed by atoms with E-state index in [1.54, 1.807) is 42.5 Å². The lowest BCUT2D eigenvalue weighted by atomic mass is 10.0. The molecule has 0 aliphatic carbocycles. The molecule has 170 valence electrons. The lowest BCUT2D eigenvalue weighted by Crippen LogP contribution is -2.15. The number of nitrogens with zero attached hydrogens (tertiary/aromatic N) is 2. The Labute approximate surface area is 192 Å². The molecule has 6 nitrogen and oxygen atoms in total. The number of methoxy groups -OCH3 is 2. The van der Waals surface area contributed by atoms with E-state index in [4.69, 9.17) is 9.47 Å². The number of pyridine rings is 1. The van der Waals surface area contributed by atoms with E-state index in [-0.39, 0.29) is 16.5 Å². The van der Waals surface area contributed by atoms with E-state index in [2.05, 4.69) is 10.3 Å². The van der Waals surface area contributed by atoms with Crippen molar-refractivity contribution < 1.29 is 27.4 Å². The molecule has 0 bridgehead atoms. The van der Waals surface area contributed by atoms with Crippen LogP contribution in [-0.2, 0) is 11.0 Å². The number of nitrogens with one attached hydrogen (secondary N) is 1. The van der Waals surface area contributed by atoms with Crippen LogP contribution in [0.15, 0.2) is 59.6 Å². The molecule has 1 heterocycles. The zero-order chi connectivity index (χ0) is 24.0. The van der Waals surface area contributed by atoms with Gasteiger partial charge in [0.1, 0.15) is 11.1 Å². The maximum absolute atomic E-state index is 13.7. The van der Waals surface area contributed by atoms with Crippen LogP contribution < -0.4 is 14.8 Å². The van der Waals surface area contributed by atoms with Crippen molar-refractivity contribution in [1.29, 1.82) is 5.26 Å². The van der Waals surface area contributed by atoms with Crippen LogP contribution in [0.5, 0.6) is 11.5 Å². The average Bonchev–Trinajstić information content (AvgIpc) is 2.81. The van der Waals surface area contributed by atoms with Crippen LogP contribution in [0.3, 0.4) is 0 Å². The number of amides is 1. The second-order valence-electron chi connectivity index (χ2n) is 6.62. The Kier molecular flexibility index (Phi) is 7.45. The van der Waals surface area contributed by atoms with Crippen molar-refractivity contribution in [3.8, 4) is 28.8 Å². The maximum Gasteiger partial charge on any atom is 0.417 e. The molecule has 0 spiro atoms. The quantitative estimate of drug-likeness (QED) is 0.464. The van der Waals surface area contributed by atoms with Gasteiger partial charge in [-0.25, -0.2) is 4.98 Å². The van der Waals surface area contributed by atoms with Crippen molar-refractivity contribution in [1.82, 2.24) is 4.98 Å². The summed E-state index contributed by atoms with van der Waals surface area (Å²) in [6.45, 7) is 0. The molecular formula is C23H18F3N3O3S. The van der Waals surface area contributed by atoms with Gasteiger partial charge in [-0.05, 0) is 36.4 Å². The highest BCUT2D eigenvalue weighted by Gasteiger charge is 2.36. The number of carbonyl (C=O) groups is 1. The van der Waals surface area contributed by atoms with Crippen LogP contribution in [0.1, 0.15) is 11.1 Å². The maximum atomic E-state index is 13.7. The Balaban J connectivity index is 1.98. The van der Waals surface area contributed by atoms with Crippen molar-refractivity contribution in [3.63, 3.8) is 0 Å². The summed E-state index contributed by atoms with van der Waals surface area (Å²) in [6, 6.07) is 15.6. The molecule has 0 saturated carbocycles. The Morgan fingerprint density at radius 3 is 2.39 bits per heavy atom. The molecule has 1 N–H and O–H groups in total. The topological polar surface area (TPSA) is 84.2 Å². The van der Waals surface area contributed by atoms with Gasteiger partial charge in [-0.15, -0.1) is 0 Å². The third-order valence-corrected chi connectivity index (χ3v) is 5.46. The first kappa shape index (κ1) is 23.9. The summed E-state index contributed by atoms with van der Waals surface area (Å²) in [4.78, 5) is 16.5. The summed E-state index contributed by atoms with van der Waals surface area (Å²) >= 11 is 0.754. The molecule has 0 unspecified atom stereocenters. The van der Waals surface area contributed by atoms with Gasteiger partial charge in [-0.2, -0.15) is 18.4 Å². The molecule has 0 radical (unpaired) electrons. The smallest absolute Gasteiger partial charge is 0.417 e. The Hall–Kier alpha value is -3.71. The highest BCUT2D eigenvalue weighted by Crippen LogP contribution is 2.39. The zero-order valence-electron chi connectivity index (χ0n) is 17.6. The number of carbonyl (C=O) groups excluding carboxylic acids is 1. The fraction of sp³-hybridized carbons (Fsp3) is 0.174. The molecule has 1 amide bonds. The number of benzene rings is 2. The van der Waals surface area contributed by atoms with Crippen LogP contribution in [0.2, 0.25) is 0 Å². The van der Waals surface area contributed by atoms with E-state index in [1.165, 1.54) is 26.4 Å². The Morgan fingerprint density at radius 1 is 1.09 bits per heavy atom. The molecule has 0 atom stereocenters. The van der Waals surface area contributed by atoms with Gasteiger partial charge in [0.25, 0.3) is 0 Å². The van der Waals surface area contributed by atoms with E-state index in [0.29, 0.717) is 22.7 Å². The lowest BCUT2D eigenvalue weighted by molar-refractivity contribution is -0.138. The van der Waals surface area contributed by atoms with Crippen molar-refractivity contribution >= 4 is 23.4 Å². The van der Waals surface area contributed by atoms with Gasteiger partial charge in [-0.3, -0.25) is 4.79 Å². The summed E-state index contributed by atoms with van der Waals surface area (Å²) in [5.74, 6) is 0.0368. The number of thioether (sulfide) groups is 1. The molecule has 3 rings (SSSR count). The normalized spacial score (nSPS) is 10.9. The number of ether oxygens (including phenoxy) is 2. The SMILES string of the molecule is COc1ccc(-c2cc(C(F)(F)F)c(C#N)c(SCC(=O)Nc3ccccc3)n2)cc1OC. The molecule has 1 aromatic heterocycles. The van der Waals surface area contributed by atoms with Crippen LogP contribution in [0.4, 0.5) is 18.9 Å². The van der Waals surface area contributed by atoms with Crippen LogP contribution >= 0.6 is 11.8 Å². The third-order valence-electron chi connectivity index (χ3n) is 4.48. The second-order valence-corrected chi connectivity index (χ2v) is 7.58. The predicted molar refractivity (Wildman–Crippen MR) is 118 cm³/mol. The summed E-state index contributed by atoms with van der Waals surface area (Å²) in [7, 11) is 2.84. The molecule has 10 heteroatoms. The van der Waals surface area contributed by atoms with Crippen molar-refractivity contribution in [2.45, 2.75) is 11.2 Å². The number of halogens is 3. The fourth-order valence-corrected chi connectivity index (χ4v) is 3.76. The largest absolute Gasteiger partial charge is 0.493 e. The van der Waals surface area contributed by atoms with E-state index in [0.717, 1.165) is 17.8 Å². The van der Waals surface area contributed by atoms with Gasteiger partial charge >= 0.3 is 6.18 Å². The van der Waals surface area contributed by atoms with Crippen molar-refractivity contribution in [2.24, 2.45) is 0 Å². The Bertz CT molecular complexity index is 1200. The summed E-state index contributed by atoms with van der Waals surface area (Å²) < 4.78 is 51.6. The number of anilines is 1. The average molecular weight is 473 g/mol. The van der Waals surface area contributed by atoms with E-state index >= 15 is 0 Å². The third kappa shape index (κ3) is 5.75. The van der Waals surface area contributed by atoms with Gasteiger partial charge in [0.15, 0.2) is 11.5 Å². The highest BCUT2D eigenvalue weighted by molar-refractivity contribution is 8.00. The number of rotatable bonds is 7.